The molecule has 1 unspecified atom stereocenters. The molecule has 0 fully saturated rings. The number of pyridine rings is 1. The van der Waals surface area contributed by atoms with Crippen molar-refractivity contribution in [2.24, 2.45) is 0 Å². The van der Waals surface area contributed by atoms with Crippen LogP contribution >= 0.6 is 27.5 Å². The highest BCUT2D eigenvalue weighted by molar-refractivity contribution is 9.10. The number of halogens is 2. The molecule has 0 saturated carbocycles. The molecular weight excluding hydrogens is 344 g/mol. The highest BCUT2D eigenvalue weighted by Crippen LogP contribution is 2.19. The van der Waals surface area contributed by atoms with E-state index < -0.39 is 6.04 Å². The SMILES string of the molecule is O=C(NC(CO)c1ccccc1)c1cc(Br)cnc1Cl. The highest BCUT2D eigenvalue weighted by Gasteiger charge is 2.17. The van der Waals surface area contributed by atoms with Gasteiger partial charge in [-0.1, -0.05) is 41.9 Å². The minimum atomic E-state index is -0.487. The summed E-state index contributed by atoms with van der Waals surface area (Å²) in [6.07, 6.45) is 1.51. The summed E-state index contributed by atoms with van der Waals surface area (Å²) in [4.78, 5) is 16.1. The maximum Gasteiger partial charge on any atom is 0.255 e. The number of benzene rings is 1. The van der Waals surface area contributed by atoms with Crippen molar-refractivity contribution >= 4 is 33.4 Å². The monoisotopic (exact) mass is 354 g/mol. The lowest BCUT2D eigenvalue weighted by Crippen LogP contribution is -2.31. The average molecular weight is 356 g/mol. The highest BCUT2D eigenvalue weighted by atomic mass is 79.9. The van der Waals surface area contributed by atoms with Gasteiger partial charge < -0.3 is 10.4 Å². The first-order valence-corrected chi connectivity index (χ1v) is 7.06. The van der Waals surface area contributed by atoms with Crippen molar-refractivity contribution in [3.63, 3.8) is 0 Å². The quantitative estimate of drug-likeness (QED) is 0.829. The van der Waals surface area contributed by atoms with Crippen LogP contribution in [0.3, 0.4) is 0 Å². The third kappa shape index (κ3) is 3.56. The Morgan fingerprint density at radius 1 is 1.40 bits per heavy atom. The second-order valence-electron chi connectivity index (χ2n) is 4.11. The summed E-state index contributed by atoms with van der Waals surface area (Å²) in [6, 6.07) is 10.3. The van der Waals surface area contributed by atoms with Gasteiger partial charge in [0.25, 0.3) is 5.91 Å². The zero-order valence-corrected chi connectivity index (χ0v) is 12.7. The van der Waals surface area contributed by atoms with E-state index in [1.807, 2.05) is 30.3 Å². The molecule has 20 heavy (non-hydrogen) atoms. The van der Waals surface area contributed by atoms with Gasteiger partial charge >= 0.3 is 0 Å². The Bertz CT molecular complexity index is 607. The van der Waals surface area contributed by atoms with Crippen LogP contribution in [0.5, 0.6) is 0 Å². The summed E-state index contributed by atoms with van der Waals surface area (Å²) in [6.45, 7) is -0.200. The summed E-state index contributed by atoms with van der Waals surface area (Å²) >= 11 is 9.15. The lowest BCUT2D eigenvalue weighted by atomic mass is 10.1. The van der Waals surface area contributed by atoms with E-state index in [4.69, 9.17) is 11.6 Å². The smallest absolute Gasteiger partial charge is 0.255 e. The number of aliphatic hydroxyl groups excluding tert-OH is 1. The summed E-state index contributed by atoms with van der Waals surface area (Å²) in [5, 5.41) is 12.3. The zero-order valence-electron chi connectivity index (χ0n) is 10.4. The Hall–Kier alpha value is -1.43. The van der Waals surface area contributed by atoms with E-state index in [0.29, 0.717) is 4.47 Å². The van der Waals surface area contributed by atoms with Crippen LogP contribution in [-0.4, -0.2) is 22.6 Å². The van der Waals surface area contributed by atoms with Crippen LogP contribution in [0.1, 0.15) is 22.0 Å². The van der Waals surface area contributed by atoms with Gasteiger partial charge in [-0.25, -0.2) is 4.98 Å². The molecule has 2 N–H and O–H groups in total. The molecule has 1 heterocycles. The Morgan fingerprint density at radius 2 is 2.10 bits per heavy atom. The van der Waals surface area contributed by atoms with Crippen LogP contribution in [0.15, 0.2) is 47.1 Å². The number of rotatable bonds is 4. The van der Waals surface area contributed by atoms with Gasteiger partial charge in [0.2, 0.25) is 0 Å². The van der Waals surface area contributed by atoms with Crippen LogP contribution in [0.2, 0.25) is 5.15 Å². The molecule has 4 nitrogen and oxygen atoms in total. The summed E-state index contributed by atoms with van der Waals surface area (Å²) < 4.78 is 0.660. The first kappa shape index (κ1) is 15.0. The molecule has 1 aromatic heterocycles. The third-order valence-electron chi connectivity index (χ3n) is 2.74. The minimum absolute atomic E-state index is 0.121. The van der Waals surface area contributed by atoms with E-state index in [1.165, 1.54) is 6.20 Å². The van der Waals surface area contributed by atoms with E-state index >= 15 is 0 Å². The molecule has 0 bridgehead atoms. The first-order valence-electron chi connectivity index (χ1n) is 5.89. The Kier molecular flexibility index (Phi) is 5.11. The normalized spacial score (nSPS) is 11.9. The van der Waals surface area contributed by atoms with Crippen molar-refractivity contribution < 1.29 is 9.90 Å². The number of aromatic nitrogens is 1. The molecule has 0 aliphatic rings. The topological polar surface area (TPSA) is 62.2 Å². The fourth-order valence-corrected chi connectivity index (χ4v) is 2.26. The van der Waals surface area contributed by atoms with Gasteiger partial charge in [0.15, 0.2) is 0 Å². The van der Waals surface area contributed by atoms with Crippen molar-refractivity contribution in [1.29, 1.82) is 0 Å². The van der Waals surface area contributed by atoms with Crippen LogP contribution in [0.25, 0.3) is 0 Å². The molecule has 0 saturated heterocycles. The van der Waals surface area contributed by atoms with Gasteiger partial charge in [0, 0.05) is 10.7 Å². The van der Waals surface area contributed by atoms with Crippen molar-refractivity contribution in [1.82, 2.24) is 10.3 Å². The maximum atomic E-state index is 12.2. The average Bonchev–Trinajstić information content (AvgIpc) is 2.48. The Labute approximate surface area is 129 Å². The molecule has 0 spiro atoms. The standard InChI is InChI=1S/C14H12BrClN2O2/c15-10-6-11(13(16)17-7-10)14(20)18-12(8-19)9-4-2-1-3-5-9/h1-7,12,19H,8H2,(H,18,20). The number of hydrogen-bond acceptors (Lipinski definition) is 3. The van der Waals surface area contributed by atoms with E-state index in [1.54, 1.807) is 6.07 Å². The van der Waals surface area contributed by atoms with Gasteiger partial charge in [-0.2, -0.15) is 0 Å². The van der Waals surface area contributed by atoms with Crippen LogP contribution in [-0.2, 0) is 0 Å². The summed E-state index contributed by atoms with van der Waals surface area (Å²) in [5.41, 5.74) is 1.08. The molecule has 0 aliphatic heterocycles. The zero-order chi connectivity index (χ0) is 14.5. The molecule has 0 aliphatic carbocycles. The fourth-order valence-electron chi connectivity index (χ4n) is 1.74. The van der Waals surface area contributed by atoms with Gasteiger partial charge in [-0.3, -0.25) is 4.79 Å². The van der Waals surface area contributed by atoms with Crippen LogP contribution in [0, 0.1) is 0 Å². The number of amides is 1. The van der Waals surface area contributed by atoms with E-state index in [9.17, 15) is 9.90 Å². The van der Waals surface area contributed by atoms with Gasteiger partial charge in [-0.05, 0) is 27.6 Å². The van der Waals surface area contributed by atoms with Gasteiger partial charge in [-0.15, -0.1) is 0 Å². The first-order chi connectivity index (χ1) is 9.61. The number of carbonyl (C=O) groups excluding carboxylic acids is 1. The minimum Gasteiger partial charge on any atom is -0.394 e. The predicted molar refractivity (Wildman–Crippen MR) is 80.7 cm³/mol. The molecule has 6 heteroatoms. The second-order valence-corrected chi connectivity index (χ2v) is 5.38. The third-order valence-corrected chi connectivity index (χ3v) is 3.48. The van der Waals surface area contributed by atoms with Gasteiger partial charge in [0.1, 0.15) is 5.15 Å². The second kappa shape index (κ2) is 6.83. The van der Waals surface area contributed by atoms with Gasteiger partial charge in [0.05, 0.1) is 18.2 Å². The number of hydrogen-bond donors (Lipinski definition) is 2. The fraction of sp³-hybridized carbons (Fsp3) is 0.143. The molecular formula is C14H12BrClN2O2. The lowest BCUT2D eigenvalue weighted by Gasteiger charge is -2.17. The molecule has 104 valence electrons. The van der Waals surface area contributed by atoms with Crippen LogP contribution < -0.4 is 5.32 Å². The van der Waals surface area contributed by atoms with E-state index in [-0.39, 0.29) is 23.2 Å². The molecule has 0 radical (unpaired) electrons. The number of nitrogens with one attached hydrogen (secondary N) is 1. The molecule has 2 aromatic rings. The molecule has 1 aromatic carbocycles. The largest absolute Gasteiger partial charge is 0.394 e. The lowest BCUT2D eigenvalue weighted by molar-refractivity contribution is 0.0916. The Morgan fingerprint density at radius 3 is 2.75 bits per heavy atom. The van der Waals surface area contributed by atoms with Crippen molar-refractivity contribution in [3.8, 4) is 0 Å². The maximum absolute atomic E-state index is 12.2. The Balaban J connectivity index is 2.20. The van der Waals surface area contributed by atoms with Crippen LogP contribution in [0.4, 0.5) is 0 Å². The predicted octanol–water partition coefficient (Wildman–Crippen LogP) is 2.96. The van der Waals surface area contributed by atoms with Crippen molar-refractivity contribution in [2.75, 3.05) is 6.61 Å². The number of aliphatic hydroxyl groups is 1. The summed E-state index contributed by atoms with van der Waals surface area (Å²) in [5.74, 6) is -0.383. The molecule has 1 amide bonds. The number of nitrogens with zero attached hydrogens (tertiary/aromatic N) is 1. The number of carbonyl (C=O) groups is 1. The summed E-state index contributed by atoms with van der Waals surface area (Å²) in [7, 11) is 0. The van der Waals surface area contributed by atoms with E-state index in [2.05, 4.69) is 26.2 Å². The molecule has 2 rings (SSSR count). The molecule has 1 atom stereocenters. The van der Waals surface area contributed by atoms with Crippen molar-refractivity contribution in [3.05, 3.63) is 63.3 Å². The van der Waals surface area contributed by atoms with Crippen molar-refractivity contribution in [2.45, 2.75) is 6.04 Å². The van der Waals surface area contributed by atoms with E-state index in [0.717, 1.165) is 5.56 Å².